The number of nitrogens with zero attached hydrogens (tertiary/aromatic N) is 4. The molecule has 1 heterocycles. The Balaban J connectivity index is 1.38. The van der Waals surface area contributed by atoms with Crippen molar-refractivity contribution in [3.8, 4) is 11.6 Å². The molecule has 3 aliphatic rings. The molecule has 0 saturated heterocycles. The summed E-state index contributed by atoms with van der Waals surface area (Å²) in [6, 6.07) is 28.6. The minimum Gasteiger partial charge on any atom is -0.507 e. The van der Waals surface area contributed by atoms with Crippen LogP contribution in [0.4, 0.5) is 10.1 Å². The van der Waals surface area contributed by atoms with Crippen molar-refractivity contribution < 1.29 is 47.0 Å². The van der Waals surface area contributed by atoms with Crippen LogP contribution in [0.1, 0.15) is 136 Å². The van der Waals surface area contributed by atoms with Crippen LogP contribution in [-0.4, -0.2) is 91.9 Å². The number of ether oxygens (including phenoxy) is 3. The van der Waals surface area contributed by atoms with Gasteiger partial charge in [0.1, 0.15) is 23.7 Å². The second-order valence-electron chi connectivity index (χ2n) is 23.7. The van der Waals surface area contributed by atoms with Crippen LogP contribution in [-0.2, 0) is 51.4 Å². The van der Waals surface area contributed by atoms with E-state index in [1.54, 1.807) is 0 Å². The van der Waals surface area contributed by atoms with Crippen molar-refractivity contribution in [2.75, 3.05) is 45.3 Å². The average Bonchev–Trinajstić information content (AvgIpc) is 3.90. The molecule has 1 aromatic heterocycles. The molecule has 1 fully saturated rings. The number of ketones is 2. The number of fused-ring (bicyclic) bond motifs is 4. The lowest BCUT2D eigenvalue weighted by molar-refractivity contribution is -0.146. The highest BCUT2D eigenvalue weighted by Gasteiger charge is 2.69. The number of hydrogen-bond donors (Lipinski definition) is 1. The molecule has 3 aliphatic carbocycles. The number of rotatable bonds is 24. The Hall–Kier alpha value is -6.13. The van der Waals surface area contributed by atoms with Crippen LogP contribution in [0.2, 0.25) is 18.1 Å². The number of hydrogen-bond acceptors (Lipinski definition) is 13. The Morgan fingerprint density at radius 1 is 0.846 bits per heavy atom. The Labute approximate surface area is 462 Å². The Morgan fingerprint density at radius 2 is 1.42 bits per heavy atom. The fourth-order valence-corrected chi connectivity index (χ4v) is 12.8. The highest BCUT2D eigenvalue weighted by molar-refractivity contribution is 6.74. The van der Waals surface area contributed by atoms with Gasteiger partial charge in [0, 0.05) is 48.8 Å². The number of aliphatic hydroxyl groups excluding tert-OH is 1. The molecule has 0 unspecified atom stereocenters. The molecular weight excluding hydrogens is 1000 g/mol. The molecule has 1 N–H and O–H groups in total. The zero-order chi connectivity index (χ0) is 56.1. The van der Waals surface area contributed by atoms with E-state index in [0.29, 0.717) is 43.7 Å². The molecule has 0 amide bonds. The number of carbonyl (C=O) groups excluding carboxylic acids is 3. The predicted octanol–water partition coefficient (Wildman–Crippen LogP) is 12.9. The number of aromatic nitrogens is 1. The lowest BCUT2D eigenvalue weighted by Crippen LogP contribution is -2.68. The van der Waals surface area contributed by atoms with Crippen LogP contribution in [0.25, 0.3) is 5.76 Å². The second-order valence-corrected chi connectivity index (χ2v) is 28.4. The van der Waals surface area contributed by atoms with Crippen LogP contribution in [0.15, 0.2) is 101 Å². The SMILES string of the molecule is CCCCOc1noc2c1C(=O)[C@@]1(O[Si](C)(C)C(C)(C)C)C(=O)C3=C(O)c4c(c(F)c(CN(CC(=O)OCc5ccccc5)CC(C)C)c(N(Cc5ccccc5)Cc5ccccc5)c4OCCCC)C[C@H]3C[C@H]1[C@@H]2N(C)C. The standard InChI is InChI=1S/C63H81FN4O9Si/c1-12-14-31-73-57-51-46(33-45-34-48-55(66(8)9)58-52(61(65-76-58)74-32-15-13-2)60(72)63(48,59(71)50(45)56(51)70)77-78(10,11)62(5,6)7)53(64)47(38-67(35-41(3)4)39-49(69)75-40-44-29-23-18-24-30-44)54(57)68(36-42-25-19-16-20-26-42)37-43-27-21-17-22-28-43/h16-30,41,45,48,55,70H,12-15,31-40H2,1-11H3/t45-,48-,55-,63-/m0/s1. The van der Waals surface area contributed by atoms with Gasteiger partial charge in [0.05, 0.1) is 37.1 Å². The number of carbonyl (C=O) groups is 3. The van der Waals surface area contributed by atoms with Gasteiger partial charge in [0.25, 0.3) is 5.88 Å². The fourth-order valence-electron chi connectivity index (χ4n) is 11.3. The molecule has 15 heteroatoms. The maximum absolute atomic E-state index is 19.0. The molecule has 1 saturated carbocycles. The van der Waals surface area contributed by atoms with Crippen LogP contribution in [0.5, 0.6) is 11.6 Å². The Bertz CT molecular complexity index is 2900. The van der Waals surface area contributed by atoms with E-state index in [0.717, 1.165) is 29.5 Å². The number of esters is 1. The van der Waals surface area contributed by atoms with Crippen molar-refractivity contribution in [2.45, 2.75) is 143 Å². The second kappa shape index (κ2) is 24.5. The van der Waals surface area contributed by atoms with E-state index in [2.05, 4.69) is 51.6 Å². The van der Waals surface area contributed by atoms with Gasteiger partial charge in [-0.1, -0.05) is 152 Å². The molecule has 0 bridgehead atoms. The van der Waals surface area contributed by atoms with Crippen molar-refractivity contribution in [1.82, 2.24) is 15.0 Å². The van der Waals surface area contributed by atoms with E-state index in [1.807, 2.05) is 135 Å². The number of anilines is 1. The fraction of sp³-hybridized carbons (Fsp3) is 0.492. The van der Waals surface area contributed by atoms with E-state index >= 15 is 14.0 Å². The first-order valence-electron chi connectivity index (χ1n) is 28.0. The summed E-state index contributed by atoms with van der Waals surface area (Å²) in [5.74, 6) is -3.74. The van der Waals surface area contributed by atoms with Crippen LogP contribution < -0.4 is 14.4 Å². The number of aliphatic hydroxyl groups is 1. The molecule has 0 radical (unpaired) electrons. The third-order valence-electron chi connectivity index (χ3n) is 16.1. The molecule has 5 aromatic rings. The molecule has 8 rings (SSSR count). The van der Waals surface area contributed by atoms with Crippen LogP contribution >= 0.6 is 0 Å². The predicted molar refractivity (Wildman–Crippen MR) is 304 cm³/mol. The van der Waals surface area contributed by atoms with E-state index in [4.69, 9.17) is 23.2 Å². The van der Waals surface area contributed by atoms with Gasteiger partial charge in [-0.05, 0) is 91.6 Å². The van der Waals surface area contributed by atoms with Crippen molar-refractivity contribution in [3.05, 3.63) is 147 Å². The zero-order valence-corrected chi connectivity index (χ0v) is 48.7. The maximum Gasteiger partial charge on any atom is 0.320 e. The van der Waals surface area contributed by atoms with Crippen LogP contribution in [0.3, 0.4) is 0 Å². The van der Waals surface area contributed by atoms with Crippen molar-refractivity contribution >= 4 is 37.3 Å². The number of Topliss-reactive ketones (excluding diaryl/α,β-unsaturated/α-hetero) is 2. The molecule has 4 atom stereocenters. The highest BCUT2D eigenvalue weighted by Crippen LogP contribution is 2.60. The normalized spacial score (nSPS) is 19.2. The van der Waals surface area contributed by atoms with Gasteiger partial charge >= 0.3 is 5.97 Å². The number of unbranched alkanes of at least 4 members (excludes halogenated alkanes) is 2. The number of benzene rings is 4. The molecular formula is C63H81FN4O9Si. The van der Waals surface area contributed by atoms with Crippen molar-refractivity contribution in [2.24, 2.45) is 17.8 Å². The summed E-state index contributed by atoms with van der Waals surface area (Å²) in [6.45, 7) is 19.9. The van der Waals surface area contributed by atoms with Crippen molar-refractivity contribution in [1.29, 1.82) is 0 Å². The molecule has 78 heavy (non-hydrogen) atoms. The van der Waals surface area contributed by atoms with Crippen LogP contribution in [0, 0.1) is 23.6 Å². The summed E-state index contributed by atoms with van der Waals surface area (Å²) in [4.78, 5) is 52.3. The molecule has 13 nitrogen and oxygen atoms in total. The smallest absolute Gasteiger partial charge is 0.320 e. The third kappa shape index (κ3) is 11.9. The summed E-state index contributed by atoms with van der Waals surface area (Å²) in [7, 11) is 0.688. The Kier molecular flexibility index (Phi) is 18.2. The first-order chi connectivity index (χ1) is 37.2. The van der Waals surface area contributed by atoms with E-state index in [1.165, 1.54) is 0 Å². The van der Waals surface area contributed by atoms with Crippen molar-refractivity contribution in [3.63, 3.8) is 0 Å². The first kappa shape index (κ1) is 58.0. The maximum atomic E-state index is 19.0. The molecule has 0 aliphatic heterocycles. The zero-order valence-electron chi connectivity index (χ0n) is 47.7. The lowest BCUT2D eigenvalue weighted by Gasteiger charge is -2.55. The third-order valence-corrected chi connectivity index (χ3v) is 20.5. The molecule has 418 valence electrons. The van der Waals surface area contributed by atoms with Gasteiger partial charge in [-0.25, -0.2) is 4.39 Å². The van der Waals surface area contributed by atoms with Gasteiger partial charge in [-0.15, -0.1) is 0 Å². The van der Waals surface area contributed by atoms with Gasteiger partial charge < -0.3 is 33.2 Å². The average molecular weight is 1090 g/mol. The monoisotopic (exact) mass is 1080 g/mol. The minimum atomic E-state index is -3.05. The largest absolute Gasteiger partial charge is 0.507 e. The summed E-state index contributed by atoms with van der Waals surface area (Å²) < 4.78 is 51.6. The molecule has 0 spiro atoms. The summed E-state index contributed by atoms with van der Waals surface area (Å²) in [5.41, 5.74) is 1.63. The van der Waals surface area contributed by atoms with E-state index < -0.39 is 65.9 Å². The van der Waals surface area contributed by atoms with Gasteiger partial charge in [0.2, 0.25) is 11.6 Å². The number of halogens is 1. The summed E-state index contributed by atoms with van der Waals surface area (Å²) >= 11 is 0. The molecule has 4 aromatic carbocycles. The van der Waals surface area contributed by atoms with E-state index in [9.17, 15) is 9.90 Å². The topological polar surface area (TPSA) is 144 Å². The summed E-state index contributed by atoms with van der Waals surface area (Å²) in [5, 5.41) is 17.3. The van der Waals surface area contributed by atoms with Gasteiger partial charge in [-0.3, -0.25) is 24.2 Å². The highest BCUT2D eigenvalue weighted by atomic mass is 28.4. The minimum absolute atomic E-state index is 0.0000380. The summed E-state index contributed by atoms with van der Waals surface area (Å²) in [6.07, 6.45) is 3.12. The Morgan fingerprint density at radius 3 is 1.97 bits per heavy atom. The van der Waals surface area contributed by atoms with E-state index in [-0.39, 0.29) is 91.3 Å². The first-order valence-corrected chi connectivity index (χ1v) is 30.9. The van der Waals surface area contributed by atoms with Gasteiger partial charge in [-0.2, -0.15) is 0 Å². The lowest BCUT2D eigenvalue weighted by atomic mass is 9.57. The quantitative estimate of drug-likeness (QED) is 0.0271. The van der Waals surface area contributed by atoms with Gasteiger partial charge in [0.15, 0.2) is 25.4 Å².